The van der Waals surface area contributed by atoms with Crippen LogP contribution in [0.1, 0.15) is 15.9 Å². The fraction of sp³-hybridized carbons (Fsp3) is 0.167. The summed E-state index contributed by atoms with van der Waals surface area (Å²) in [6, 6.07) is 11.1. The van der Waals surface area contributed by atoms with Crippen molar-refractivity contribution in [2.75, 3.05) is 14.2 Å². The van der Waals surface area contributed by atoms with Crippen LogP contribution in [0.25, 0.3) is 21.5 Å². The van der Waals surface area contributed by atoms with Gasteiger partial charge in [0.2, 0.25) is 0 Å². The number of methoxy groups -OCH3 is 2. The zero-order valence-corrected chi connectivity index (χ0v) is 12.6. The summed E-state index contributed by atoms with van der Waals surface area (Å²) < 4.78 is 10.7. The predicted molar refractivity (Wildman–Crippen MR) is 86.3 cm³/mol. The summed E-state index contributed by atoms with van der Waals surface area (Å²) in [5, 5.41) is 12.9. The Balaban J connectivity index is 2.51. The second-order valence-corrected chi connectivity index (χ2v) is 5.21. The molecule has 22 heavy (non-hydrogen) atoms. The maximum absolute atomic E-state index is 11.6. The number of rotatable bonds is 3. The van der Waals surface area contributed by atoms with E-state index in [9.17, 15) is 9.90 Å². The lowest BCUT2D eigenvalue weighted by molar-refractivity contribution is 0.0699. The summed E-state index contributed by atoms with van der Waals surface area (Å²) >= 11 is 0. The molecule has 0 aliphatic heterocycles. The van der Waals surface area contributed by atoms with Crippen LogP contribution in [0.15, 0.2) is 36.4 Å². The number of carboxylic acid groups (broad SMARTS) is 1. The van der Waals surface area contributed by atoms with Gasteiger partial charge in [-0.3, -0.25) is 0 Å². The maximum Gasteiger partial charge on any atom is 0.336 e. The van der Waals surface area contributed by atoms with Crippen molar-refractivity contribution in [3.63, 3.8) is 0 Å². The van der Waals surface area contributed by atoms with Crippen molar-refractivity contribution in [2.24, 2.45) is 0 Å². The average molecular weight is 296 g/mol. The van der Waals surface area contributed by atoms with E-state index in [-0.39, 0.29) is 5.56 Å². The first kappa shape index (κ1) is 14.2. The molecule has 0 aliphatic carbocycles. The van der Waals surface area contributed by atoms with Crippen LogP contribution in [-0.2, 0) is 0 Å². The summed E-state index contributed by atoms with van der Waals surface area (Å²) in [4.78, 5) is 11.6. The van der Waals surface area contributed by atoms with Gasteiger partial charge in [-0.1, -0.05) is 23.8 Å². The number of hydrogen-bond acceptors (Lipinski definition) is 3. The molecule has 0 saturated heterocycles. The van der Waals surface area contributed by atoms with E-state index in [1.807, 2.05) is 37.3 Å². The Morgan fingerprint density at radius 3 is 2.23 bits per heavy atom. The largest absolute Gasteiger partial charge is 0.493 e. The molecular formula is C18H16O4. The number of carboxylic acids is 1. The Morgan fingerprint density at radius 1 is 0.909 bits per heavy atom. The van der Waals surface area contributed by atoms with Gasteiger partial charge in [0.15, 0.2) is 11.5 Å². The summed E-state index contributed by atoms with van der Waals surface area (Å²) in [5.74, 6) is 0.268. The number of carbonyl (C=O) groups is 1. The first-order chi connectivity index (χ1) is 10.5. The normalized spacial score (nSPS) is 10.9. The second kappa shape index (κ2) is 5.22. The van der Waals surface area contributed by atoms with Gasteiger partial charge in [0, 0.05) is 0 Å². The van der Waals surface area contributed by atoms with Gasteiger partial charge in [-0.25, -0.2) is 4.79 Å². The molecule has 3 aromatic rings. The molecule has 0 aliphatic rings. The molecule has 0 bridgehead atoms. The molecule has 0 heterocycles. The molecule has 112 valence electrons. The minimum Gasteiger partial charge on any atom is -0.493 e. The third-order valence-electron chi connectivity index (χ3n) is 3.84. The first-order valence-corrected chi connectivity index (χ1v) is 6.87. The average Bonchev–Trinajstić information content (AvgIpc) is 2.52. The summed E-state index contributed by atoms with van der Waals surface area (Å²) in [5.41, 5.74) is 1.36. The Hall–Kier alpha value is -2.75. The zero-order valence-electron chi connectivity index (χ0n) is 12.6. The first-order valence-electron chi connectivity index (χ1n) is 6.87. The number of benzene rings is 3. The van der Waals surface area contributed by atoms with E-state index in [2.05, 4.69) is 0 Å². The van der Waals surface area contributed by atoms with Crippen molar-refractivity contribution in [1.82, 2.24) is 0 Å². The van der Waals surface area contributed by atoms with Crippen LogP contribution in [-0.4, -0.2) is 25.3 Å². The quantitative estimate of drug-likeness (QED) is 0.742. The minimum absolute atomic E-state index is 0.287. The maximum atomic E-state index is 11.6. The molecule has 0 saturated carbocycles. The fourth-order valence-corrected chi connectivity index (χ4v) is 2.77. The topological polar surface area (TPSA) is 55.8 Å². The van der Waals surface area contributed by atoms with E-state index in [4.69, 9.17) is 9.47 Å². The molecule has 1 N–H and O–H groups in total. The van der Waals surface area contributed by atoms with Crippen molar-refractivity contribution in [3.8, 4) is 11.5 Å². The molecule has 0 atom stereocenters. The highest BCUT2D eigenvalue weighted by molar-refractivity contribution is 6.16. The molecular weight excluding hydrogens is 280 g/mol. The van der Waals surface area contributed by atoms with E-state index < -0.39 is 5.97 Å². The lowest BCUT2D eigenvalue weighted by Crippen LogP contribution is -1.99. The molecule has 4 nitrogen and oxygen atoms in total. The highest BCUT2D eigenvalue weighted by Crippen LogP contribution is 2.37. The van der Waals surface area contributed by atoms with Crippen molar-refractivity contribution < 1.29 is 19.4 Å². The van der Waals surface area contributed by atoms with Crippen molar-refractivity contribution in [2.45, 2.75) is 6.92 Å². The molecule has 3 rings (SSSR count). The highest BCUT2D eigenvalue weighted by Gasteiger charge is 2.15. The predicted octanol–water partition coefficient (Wildman–Crippen LogP) is 4.02. The Morgan fingerprint density at radius 2 is 1.59 bits per heavy atom. The third kappa shape index (κ3) is 2.13. The fourth-order valence-electron chi connectivity index (χ4n) is 2.77. The standard InChI is InChI=1S/C18H16O4/c1-10-4-5-12-14(6-10)13-9-17(22-3)16(21-2)8-11(13)7-15(12)18(19)20/h4-9H,1-3H3,(H,19,20). The lowest BCUT2D eigenvalue weighted by atomic mass is 9.95. The van der Waals surface area contributed by atoms with Crippen molar-refractivity contribution in [3.05, 3.63) is 47.5 Å². The number of aromatic carboxylic acids is 1. The van der Waals surface area contributed by atoms with Gasteiger partial charge >= 0.3 is 5.97 Å². The van der Waals surface area contributed by atoms with E-state index in [0.717, 1.165) is 27.1 Å². The summed E-state index contributed by atoms with van der Waals surface area (Å²) in [7, 11) is 3.15. The minimum atomic E-state index is -0.939. The van der Waals surface area contributed by atoms with Crippen molar-refractivity contribution in [1.29, 1.82) is 0 Å². The second-order valence-electron chi connectivity index (χ2n) is 5.21. The SMILES string of the molecule is COc1cc2cc(C(=O)O)c3ccc(C)cc3c2cc1OC. The van der Waals surface area contributed by atoms with Crippen LogP contribution in [0.4, 0.5) is 0 Å². The zero-order chi connectivity index (χ0) is 15.9. The van der Waals surface area contributed by atoms with Crippen LogP contribution in [0.5, 0.6) is 11.5 Å². The van der Waals surface area contributed by atoms with Crippen LogP contribution in [0.2, 0.25) is 0 Å². The van der Waals surface area contributed by atoms with E-state index in [1.165, 1.54) is 0 Å². The number of fused-ring (bicyclic) bond motifs is 3. The molecule has 4 heteroatoms. The molecule has 0 aromatic heterocycles. The van der Waals surface area contributed by atoms with Gasteiger partial charge in [0.05, 0.1) is 19.8 Å². The Bertz CT molecular complexity index is 897. The van der Waals surface area contributed by atoms with Gasteiger partial charge in [0.1, 0.15) is 0 Å². The summed E-state index contributed by atoms with van der Waals surface area (Å²) in [6.45, 7) is 1.99. The van der Waals surface area contributed by atoms with Gasteiger partial charge in [-0.2, -0.15) is 0 Å². The third-order valence-corrected chi connectivity index (χ3v) is 3.84. The number of ether oxygens (including phenoxy) is 2. The van der Waals surface area contributed by atoms with E-state index in [1.54, 1.807) is 20.3 Å². The van der Waals surface area contributed by atoms with Crippen molar-refractivity contribution >= 4 is 27.5 Å². The number of hydrogen-bond donors (Lipinski definition) is 1. The van der Waals surface area contributed by atoms with Gasteiger partial charge < -0.3 is 14.6 Å². The molecule has 0 spiro atoms. The lowest BCUT2D eigenvalue weighted by Gasteiger charge is -2.13. The van der Waals surface area contributed by atoms with Crippen LogP contribution in [0.3, 0.4) is 0 Å². The van der Waals surface area contributed by atoms with Crippen LogP contribution < -0.4 is 9.47 Å². The molecule has 0 fully saturated rings. The molecule has 3 aromatic carbocycles. The molecule has 0 amide bonds. The molecule has 0 radical (unpaired) electrons. The highest BCUT2D eigenvalue weighted by atomic mass is 16.5. The van der Waals surface area contributed by atoms with Crippen LogP contribution >= 0.6 is 0 Å². The van der Waals surface area contributed by atoms with E-state index >= 15 is 0 Å². The summed E-state index contributed by atoms with van der Waals surface area (Å²) in [6.07, 6.45) is 0. The van der Waals surface area contributed by atoms with E-state index in [0.29, 0.717) is 11.5 Å². The smallest absolute Gasteiger partial charge is 0.336 e. The monoisotopic (exact) mass is 296 g/mol. The van der Waals surface area contributed by atoms with Gasteiger partial charge in [-0.05, 0) is 46.7 Å². The Labute approximate surface area is 127 Å². The molecule has 0 unspecified atom stereocenters. The Kier molecular flexibility index (Phi) is 3.37. The van der Waals surface area contributed by atoms with Crippen LogP contribution in [0, 0.1) is 6.92 Å². The van der Waals surface area contributed by atoms with Gasteiger partial charge in [-0.15, -0.1) is 0 Å². The van der Waals surface area contributed by atoms with Gasteiger partial charge in [0.25, 0.3) is 0 Å². The number of aryl methyl sites for hydroxylation is 1.